The van der Waals surface area contributed by atoms with Crippen LogP contribution in [0.25, 0.3) is 0 Å². The first kappa shape index (κ1) is 18.6. The summed E-state index contributed by atoms with van der Waals surface area (Å²) in [4.78, 5) is 25.4. The Balaban J connectivity index is 1.78. The number of aryl methyl sites for hydroxylation is 2. The highest BCUT2D eigenvalue weighted by Gasteiger charge is 2.09. The van der Waals surface area contributed by atoms with Crippen LogP contribution in [0.5, 0.6) is 0 Å². The maximum atomic E-state index is 12.0. The van der Waals surface area contributed by atoms with Crippen molar-refractivity contribution in [3.8, 4) is 0 Å². The van der Waals surface area contributed by atoms with Crippen molar-refractivity contribution in [3.63, 3.8) is 0 Å². The highest BCUT2D eigenvalue weighted by atomic mass is 16.3. The number of rotatable bonds is 6. The van der Waals surface area contributed by atoms with Crippen LogP contribution in [0.4, 0.5) is 4.79 Å². The zero-order chi connectivity index (χ0) is 18.4. The third-order valence-electron chi connectivity index (χ3n) is 3.86. The quantitative estimate of drug-likeness (QED) is 0.847. The average molecular weight is 343 g/mol. The lowest BCUT2D eigenvalue weighted by molar-refractivity contribution is 0.0827. The zero-order valence-corrected chi connectivity index (χ0v) is 15.2. The van der Waals surface area contributed by atoms with Crippen LogP contribution >= 0.6 is 0 Å². The van der Waals surface area contributed by atoms with Gasteiger partial charge in [0.1, 0.15) is 11.5 Å². The molecular weight excluding hydrogens is 318 g/mol. The number of hydrogen-bond donors (Lipinski definition) is 2. The predicted octanol–water partition coefficient (Wildman–Crippen LogP) is 2.64. The summed E-state index contributed by atoms with van der Waals surface area (Å²) < 4.78 is 5.43. The van der Waals surface area contributed by atoms with Crippen LogP contribution < -0.4 is 10.6 Å². The molecule has 25 heavy (non-hydrogen) atoms. The smallest absolute Gasteiger partial charge is 0.315 e. The number of carbonyl (C=O) groups is 2. The van der Waals surface area contributed by atoms with Gasteiger partial charge in [-0.05, 0) is 44.0 Å². The van der Waals surface area contributed by atoms with Crippen molar-refractivity contribution >= 4 is 11.9 Å². The van der Waals surface area contributed by atoms with Crippen LogP contribution in [0.1, 0.15) is 33.0 Å². The summed E-state index contributed by atoms with van der Waals surface area (Å²) in [6, 6.07) is 9.16. The number of furan rings is 1. The summed E-state index contributed by atoms with van der Waals surface area (Å²) in [6.45, 7) is 4.69. The second-order valence-electron chi connectivity index (χ2n) is 6.20. The van der Waals surface area contributed by atoms with Crippen molar-refractivity contribution < 1.29 is 14.0 Å². The largest absolute Gasteiger partial charge is 0.466 e. The number of nitrogens with zero attached hydrogens (tertiary/aromatic N) is 1. The van der Waals surface area contributed by atoms with Gasteiger partial charge < -0.3 is 20.0 Å². The van der Waals surface area contributed by atoms with E-state index in [2.05, 4.69) is 10.6 Å². The fourth-order valence-corrected chi connectivity index (χ4v) is 2.54. The Bertz CT molecular complexity index is 750. The molecule has 0 aliphatic heterocycles. The Kier molecular flexibility index (Phi) is 6.22. The molecule has 0 fully saturated rings. The summed E-state index contributed by atoms with van der Waals surface area (Å²) in [5.74, 6) is 1.63. The van der Waals surface area contributed by atoms with E-state index in [1.165, 1.54) is 0 Å². The molecule has 134 valence electrons. The van der Waals surface area contributed by atoms with Crippen LogP contribution in [-0.4, -0.2) is 37.5 Å². The highest BCUT2D eigenvalue weighted by molar-refractivity contribution is 5.94. The first-order valence-corrected chi connectivity index (χ1v) is 8.25. The van der Waals surface area contributed by atoms with E-state index in [0.29, 0.717) is 25.1 Å². The van der Waals surface area contributed by atoms with Crippen LogP contribution in [0.2, 0.25) is 0 Å². The average Bonchev–Trinajstić information content (AvgIpc) is 2.90. The molecule has 1 aromatic heterocycles. The molecule has 0 radical (unpaired) electrons. The minimum atomic E-state index is -0.223. The first-order valence-electron chi connectivity index (χ1n) is 8.25. The summed E-state index contributed by atoms with van der Waals surface area (Å²) in [5.41, 5.74) is 2.63. The molecule has 6 nitrogen and oxygen atoms in total. The Morgan fingerprint density at radius 1 is 1.12 bits per heavy atom. The molecule has 1 aromatic carbocycles. The summed E-state index contributed by atoms with van der Waals surface area (Å²) >= 11 is 0. The molecular formula is C19H25N3O3. The van der Waals surface area contributed by atoms with Gasteiger partial charge in [0.15, 0.2) is 0 Å². The van der Waals surface area contributed by atoms with E-state index in [1.807, 2.05) is 38.1 Å². The van der Waals surface area contributed by atoms with E-state index in [1.54, 1.807) is 25.1 Å². The van der Waals surface area contributed by atoms with E-state index in [-0.39, 0.29) is 11.9 Å². The summed E-state index contributed by atoms with van der Waals surface area (Å²) in [7, 11) is 3.45. The summed E-state index contributed by atoms with van der Waals surface area (Å²) in [5, 5.41) is 5.64. The van der Waals surface area contributed by atoms with E-state index < -0.39 is 0 Å². The van der Waals surface area contributed by atoms with Crippen LogP contribution in [0.3, 0.4) is 0 Å². The predicted molar refractivity (Wildman–Crippen MR) is 96.6 cm³/mol. The SMILES string of the molecule is Cc1cc(CNC(=O)NCCc2cccc(C(=O)N(C)C)c2)c(C)o1. The molecule has 2 N–H and O–H groups in total. The molecule has 0 unspecified atom stereocenters. The number of amides is 3. The molecule has 3 amide bonds. The monoisotopic (exact) mass is 343 g/mol. The standard InChI is InChI=1S/C19H25N3O3/c1-13-10-17(14(2)25-13)12-21-19(24)20-9-8-15-6-5-7-16(11-15)18(23)22(3)4/h5-7,10-11H,8-9,12H2,1-4H3,(H2,20,21,24). The van der Waals surface area contributed by atoms with Crippen molar-refractivity contribution in [2.45, 2.75) is 26.8 Å². The lowest BCUT2D eigenvalue weighted by atomic mass is 10.1. The molecule has 0 aliphatic rings. The Labute approximate surface area is 148 Å². The Morgan fingerprint density at radius 2 is 1.88 bits per heavy atom. The van der Waals surface area contributed by atoms with Gasteiger partial charge in [-0.2, -0.15) is 0 Å². The molecule has 2 aromatic rings. The molecule has 0 saturated carbocycles. The van der Waals surface area contributed by atoms with E-state index in [9.17, 15) is 9.59 Å². The first-order chi connectivity index (χ1) is 11.9. The topological polar surface area (TPSA) is 74.6 Å². The molecule has 2 rings (SSSR count). The maximum Gasteiger partial charge on any atom is 0.315 e. The number of carbonyl (C=O) groups excluding carboxylic acids is 2. The molecule has 1 heterocycles. The van der Waals surface area contributed by atoms with Gasteiger partial charge in [-0.15, -0.1) is 0 Å². The van der Waals surface area contributed by atoms with Crippen molar-refractivity contribution in [1.29, 1.82) is 0 Å². The molecule has 6 heteroatoms. The third kappa shape index (κ3) is 5.38. The van der Waals surface area contributed by atoms with Crippen molar-refractivity contribution in [1.82, 2.24) is 15.5 Å². The fourth-order valence-electron chi connectivity index (χ4n) is 2.54. The van der Waals surface area contributed by atoms with Gasteiger partial charge in [-0.1, -0.05) is 12.1 Å². The van der Waals surface area contributed by atoms with E-state index >= 15 is 0 Å². The number of nitrogens with one attached hydrogen (secondary N) is 2. The third-order valence-corrected chi connectivity index (χ3v) is 3.86. The summed E-state index contributed by atoms with van der Waals surface area (Å²) in [6.07, 6.45) is 0.659. The normalized spacial score (nSPS) is 10.4. The van der Waals surface area contributed by atoms with Crippen molar-refractivity contribution in [2.75, 3.05) is 20.6 Å². The molecule has 0 aliphatic carbocycles. The molecule has 0 bridgehead atoms. The van der Waals surface area contributed by atoms with Gasteiger partial charge >= 0.3 is 6.03 Å². The van der Waals surface area contributed by atoms with Gasteiger partial charge in [0, 0.05) is 38.3 Å². The van der Waals surface area contributed by atoms with Gasteiger partial charge in [-0.3, -0.25) is 4.79 Å². The number of benzene rings is 1. The molecule has 0 saturated heterocycles. The maximum absolute atomic E-state index is 12.0. The Hall–Kier alpha value is -2.76. The minimum Gasteiger partial charge on any atom is -0.466 e. The van der Waals surface area contributed by atoms with Gasteiger partial charge in [0.25, 0.3) is 5.91 Å². The van der Waals surface area contributed by atoms with Crippen molar-refractivity contribution in [2.24, 2.45) is 0 Å². The van der Waals surface area contributed by atoms with Gasteiger partial charge in [0.2, 0.25) is 0 Å². The zero-order valence-electron chi connectivity index (χ0n) is 15.2. The van der Waals surface area contributed by atoms with Crippen LogP contribution in [-0.2, 0) is 13.0 Å². The Morgan fingerprint density at radius 3 is 2.52 bits per heavy atom. The van der Waals surface area contributed by atoms with E-state index in [0.717, 1.165) is 22.6 Å². The number of urea groups is 1. The second kappa shape index (κ2) is 8.37. The lowest BCUT2D eigenvalue weighted by Gasteiger charge is -2.11. The second-order valence-corrected chi connectivity index (χ2v) is 6.20. The highest BCUT2D eigenvalue weighted by Crippen LogP contribution is 2.13. The molecule has 0 atom stereocenters. The van der Waals surface area contributed by atoms with Crippen molar-refractivity contribution in [3.05, 3.63) is 58.5 Å². The molecule has 0 spiro atoms. The van der Waals surface area contributed by atoms with Gasteiger partial charge in [0.05, 0.1) is 0 Å². The van der Waals surface area contributed by atoms with Crippen LogP contribution in [0.15, 0.2) is 34.7 Å². The van der Waals surface area contributed by atoms with Gasteiger partial charge in [-0.25, -0.2) is 4.79 Å². The lowest BCUT2D eigenvalue weighted by Crippen LogP contribution is -2.36. The number of hydrogen-bond acceptors (Lipinski definition) is 3. The van der Waals surface area contributed by atoms with E-state index in [4.69, 9.17) is 4.42 Å². The minimum absolute atomic E-state index is 0.0293. The fraction of sp³-hybridized carbons (Fsp3) is 0.368. The van der Waals surface area contributed by atoms with Crippen LogP contribution in [0, 0.1) is 13.8 Å².